The maximum Gasteiger partial charge on any atom is 0.0875 e. The zero-order valence-electron chi connectivity index (χ0n) is 16.6. The first-order valence-electron chi connectivity index (χ1n) is 10.2. The maximum absolute atomic E-state index is 3.54. The molecule has 0 atom stereocenters. The van der Waals surface area contributed by atoms with Crippen molar-refractivity contribution in [2.75, 3.05) is 0 Å². The van der Waals surface area contributed by atoms with E-state index < -0.39 is 0 Å². The highest BCUT2D eigenvalue weighted by Gasteiger charge is 2.04. The van der Waals surface area contributed by atoms with E-state index in [0.717, 1.165) is 0 Å². The number of allylic oxidation sites excluding steroid dienone is 4. The van der Waals surface area contributed by atoms with Crippen molar-refractivity contribution in [3.05, 3.63) is 56.7 Å². The Hall–Kier alpha value is -1.17. The highest BCUT2D eigenvalue weighted by atomic mass is 14.0. The summed E-state index contributed by atoms with van der Waals surface area (Å²) in [6, 6.07) is 0. The summed E-state index contributed by atoms with van der Waals surface area (Å²) in [6.45, 7) is 11.4. The van der Waals surface area contributed by atoms with Gasteiger partial charge < -0.3 is 0 Å². The molecular weight excluding hydrogens is 288 g/mol. The van der Waals surface area contributed by atoms with E-state index >= 15 is 0 Å². The van der Waals surface area contributed by atoms with Gasteiger partial charge in [0.05, 0.1) is 31.4 Å². The molecule has 0 nitrogen and oxygen atoms in total. The fourth-order valence-electron chi connectivity index (χ4n) is 2.23. The molecule has 24 heavy (non-hydrogen) atoms. The van der Waals surface area contributed by atoms with Gasteiger partial charge in [-0.15, -0.1) is 0 Å². The Labute approximate surface area is 154 Å². The molecule has 2 aliphatic rings. The van der Waals surface area contributed by atoms with Gasteiger partial charge in [0.1, 0.15) is 0 Å². The van der Waals surface area contributed by atoms with Gasteiger partial charge in [0.15, 0.2) is 0 Å². The van der Waals surface area contributed by atoms with Crippen LogP contribution in [0.2, 0.25) is 0 Å². The molecule has 2 aliphatic carbocycles. The lowest BCUT2D eigenvalue weighted by Crippen LogP contribution is -1.87. The van der Waals surface area contributed by atoms with Gasteiger partial charge in [-0.2, -0.15) is 0 Å². The molecule has 1 saturated carbocycles. The summed E-state index contributed by atoms with van der Waals surface area (Å²) in [4.78, 5) is 0. The van der Waals surface area contributed by atoms with Gasteiger partial charge in [0.25, 0.3) is 0 Å². The zero-order valence-corrected chi connectivity index (χ0v) is 16.6. The van der Waals surface area contributed by atoms with E-state index in [1.165, 1.54) is 83.5 Å². The van der Waals surface area contributed by atoms with Crippen LogP contribution in [0.25, 0.3) is 0 Å². The maximum atomic E-state index is 3.54. The quantitative estimate of drug-likeness (QED) is 0.259. The first-order valence-corrected chi connectivity index (χ1v) is 10.2. The second kappa shape index (κ2) is 26.7. The molecule has 136 valence electrons. The molecule has 0 heteroatoms. The van der Waals surface area contributed by atoms with Gasteiger partial charge in [-0.05, 0) is 57.8 Å². The van der Waals surface area contributed by atoms with Crippen LogP contribution in [0.3, 0.4) is 0 Å². The van der Waals surface area contributed by atoms with Gasteiger partial charge in [-0.1, -0.05) is 26.0 Å². The minimum atomic E-state index is 1.17. The van der Waals surface area contributed by atoms with Crippen LogP contribution in [0.4, 0.5) is 0 Å². The second-order valence-corrected chi connectivity index (χ2v) is 6.20. The Morgan fingerprint density at radius 1 is 0.792 bits per heavy atom. The van der Waals surface area contributed by atoms with Crippen molar-refractivity contribution in [1.82, 2.24) is 0 Å². The van der Waals surface area contributed by atoms with Crippen LogP contribution in [0.15, 0.2) is 37.5 Å². The Bertz CT molecular complexity index is 213. The van der Waals surface area contributed by atoms with E-state index in [4.69, 9.17) is 0 Å². The molecule has 0 N–H and O–H groups in total. The van der Waals surface area contributed by atoms with Crippen LogP contribution in [0.1, 0.15) is 97.3 Å². The molecule has 0 aromatic heterocycles. The van der Waals surface area contributed by atoms with Crippen molar-refractivity contribution in [3.8, 4) is 0 Å². The predicted molar refractivity (Wildman–Crippen MR) is 114 cm³/mol. The molecule has 0 saturated heterocycles. The standard InChI is InChI=1S/C6H11.C6H10.2C6H11/c2*1-2-4-6-5-3-1;2*1-3-5-6-4-2/h1H,2-6H2;1-2H,3-6H2;2*3,5H,1,4,6H2,2H3/q+1;;2*+1. The molecule has 0 aliphatic heterocycles. The third-order valence-electron chi connectivity index (χ3n) is 3.72. The molecule has 0 radical (unpaired) electrons. The van der Waals surface area contributed by atoms with E-state index in [9.17, 15) is 0 Å². The molecular formula is C24H43+3. The average Bonchev–Trinajstić information content (AvgIpc) is 2.69. The number of rotatable bonds is 6. The van der Waals surface area contributed by atoms with Crippen molar-refractivity contribution < 1.29 is 0 Å². The highest BCUT2D eigenvalue weighted by Crippen LogP contribution is 2.14. The van der Waals surface area contributed by atoms with Crippen LogP contribution in [0, 0.1) is 19.3 Å². The Morgan fingerprint density at radius 3 is 1.38 bits per heavy atom. The lowest BCUT2D eigenvalue weighted by Gasteiger charge is -1.97. The van der Waals surface area contributed by atoms with Crippen molar-refractivity contribution in [2.24, 2.45) is 0 Å². The van der Waals surface area contributed by atoms with Crippen LogP contribution >= 0.6 is 0 Å². The van der Waals surface area contributed by atoms with Crippen LogP contribution < -0.4 is 0 Å². The lowest BCUT2D eigenvalue weighted by atomic mass is 10.0. The third kappa shape index (κ3) is 28.9. The number of hydrogen-bond acceptors (Lipinski definition) is 0. The molecule has 0 spiro atoms. The van der Waals surface area contributed by atoms with Gasteiger partial charge in [-0.25, -0.2) is 0 Å². The normalized spacial score (nSPS) is 14.8. The molecule has 0 amide bonds. The smallest absolute Gasteiger partial charge is 0.0875 e. The van der Waals surface area contributed by atoms with Gasteiger partial charge in [0, 0.05) is 38.8 Å². The average molecular weight is 332 g/mol. The first kappa shape index (κ1) is 25.1. The summed E-state index contributed by atoms with van der Waals surface area (Å²) in [7, 11) is 0. The van der Waals surface area contributed by atoms with Crippen molar-refractivity contribution in [3.63, 3.8) is 0 Å². The summed E-state index contributed by atoms with van der Waals surface area (Å²) < 4.78 is 0. The van der Waals surface area contributed by atoms with Crippen LogP contribution in [-0.2, 0) is 0 Å². The summed E-state index contributed by atoms with van der Waals surface area (Å²) in [5.74, 6) is 0. The minimum Gasteiger partial charge on any atom is -0.0885 e. The van der Waals surface area contributed by atoms with Crippen molar-refractivity contribution in [2.45, 2.75) is 97.3 Å². The van der Waals surface area contributed by atoms with Crippen LogP contribution in [0.5, 0.6) is 0 Å². The Kier molecular flexibility index (Phi) is 27.9. The fourth-order valence-corrected chi connectivity index (χ4v) is 2.23. The van der Waals surface area contributed by atoms with Crippen molar-refractivity contribution >= 4 is 0 Å². The predicted octanol–water partition coefficient (Wildman–Crippen LogP) is 8.62. The largest absolute Gasteiger partial charge is 0.0885 e. The molecule has 2 rings (SSSR count). The zero-order chi connectivity index (χ0) is 18.1. The molecule has 0 unspecified atom stereocenters. The van der Waals surface area contributed by atoms with E-state index in [1.54, 1.807) is 0 Å². The molecule has 0 bridgehead atoms. The van der Waals surface area contributed by atoms with Gasteiger partial charge in [0.2, 0.25) is 0 Å². The SMILES string of the molecule is C1=CCCCC1.C=C[CH+]CCC.C=C[CH+]CCC.[CH+]1CCCCC1. The molecule has 1 fully saturated rings. The Morgan fingerprint density at radius 2 is 1.25 bits per heavy atom. The van der Waals surface area contributed by atoms with E-state index in [0.29, 0.717) is 0 Å². The van der Waals surface area contributed by atoms with E-state index in [-0.39, 0.29) is 0 Å². The molecule has 0 aromatic carbocycles. The summed E-state index contributed by atoms with van der Waals surface area (Å²) in [6.07, 6.45) is 32.1. The second-order valence-electron chi connectivity index (χ2n) is 6.20. The van der Waals surface area contributed by atoms with Gasteiger partial charge in [-0.3, -0.25) is 0 Å². The summed E-state index contributed by atoms with van der Waals surface area (Å²) in [5, 5.41) is 0. The monoisotopic (exact) mass is 331 g/mol. The number of unbranched alkanes of at least 4 members (excludes halogenated alkanes) is 4. The fraction of sp³-hybridized carbons (Fsp3) is 0.625. The van der Waals surface area contributed by atoms with E-state index in [2.05, 4.69) is 58.4 Å². The highest BCUT2D eigenvalue weighted by molar-refractivity contribution is 4.86. The van der Waals surface area contributed by atoms with Crippen LogP contribution in [-0.4, -0.2) is 0 Å². The topological polar surface area (TPSA) is 0 Å². The summed E-state index contributed by atoms with van der Waals surface area (Å²) >= 11 is 0. The molecule has 0 aromatic rings. The van der Waals surface area contributed by atoms with Gasteiger partial charge >= 0.3 is 0 Å². The van der Waals surface area contributed by atoms with E-state index in [1.807, 2.05) is 12.2 Å². The first-order chi connectivity index (χ1) is 11.8. The van der Waals surface area contributed by atoms with Crippen molar-refractivity contribution in [1.29, 1.82) is 0 Å². The Balaban J connectivity index is 0. The summed E-state index contributed by atoms with van der Waals surface area (Å²) in [5.41, 5.74) is 0. The number of hydrogen-bond donors (Lipinski definition) is 0. The lowest BCUT2D eigenvalue weighted by molar-refractivity contribution is 0.593. The molecule has 0 heterocycles. The third-order valence-corrected chi connectivity index (χ3v) is 3.72. The minimum absolute atomic E-state index is 1.17.